The lowest BCUT2D eigenvalue weighted by atomic mass is 10.1. The fourth-order valence-corrected chi connectivity index (χ4v) is 4.15. The maximum Gasteiger partial charge on any atom is 0.251 e. The number of hydrogen-bond acceptors (Lipinski definition) is 4. The van der Waals surface area contributed by atoms with E-state index in [4.69, 9.17) is 0 Å². The Morgan fingerprint density at radius 2 is 2.08 bits per heavy atom. The van der Waals surface area contributed by atoms with Gasteiger partial charge in [0.05, 0.1) is 5.75 Å². The Morgan fingerprint density at radius 1 is 1.29 bits per heavy atom. The standard InChI is InChI=1S/C16H20N4O3S/c21-16(19-8-11-24(22,23)20-9-1-2-10-20)14-5-3-4-13(12-14)15-17-6-7-18-15/h3-7,12H,1-2,8-11H2,(H,17,18)(H,19,21). The van der Waals surface area contributed by atoms with Crippen LogP contribution in [0.2, 0.25) is 0 Å². The second kappa shape index (κ2) is 7.14. The van der Waals surface area contributed by atoms with Gasteiger partial charge in [0.15, 0.2) is 0 Å². The van der Waals surface area contributed by atoms with Gasteiger partial charge >= 0.3 is 0 Å². The van der Waals surface area contributed by atoms with Crippen molar-refractivity contribution in [2.45, 2.75) is 12.8 Å². The average molecular weight is 348 g/mol. The lowest BCUT2D eigenvalue weighted by molar-refractivity contribution is 0.0956. The minimum atomic E-state index is -3.28. The van der Waals surface area contributed by atoms with Crippen LogP contribution in [0.5, 0.6) is 0 Å². The fourth-order valence-electron chi connectivity index (χ4n) is 2.72. The van der Waals surface area contributed by atoms with Gasteiger partial charge in [-0.3, -0.25) is 4.79 Å². The Kier molecular flexibility index (Phi) is 4.96. The zero-order chi connectivity index (χ0) is 17.0. The van der Waals surface area contributed by atoms with Gasteiger partial charge in [-0.2, -0.15) is 0 Å². The van der Waals surface area contributed by atoms with Crippen LogP contribution in [0.4, 0.5) is 0 Å². The molecule has 8 heteroatoms. The molecule has 3 rings (SSSR count). The fraction of sp³-hybridized carbons (Fsp3) is 0.375. The Bertz CT molecular complexity index is 796. The van der Waals surface area contributed by atoms with Gasteiger partial charge in [0.2, 0.25) is 10.0 Å². The summed E-state index contributed by atoms with van der Waals surface area (Å²) in [5, 5.41) is 2.68. The van der Waals surface area contributed by atoms with Gasteiger partial charge in [-0.1, -0.05) is 12.1 Å². The van der Waals surface area contributed by atoms with Gasteiger partial charge in [0.1, 0.15) is 5.82 Å². The highest BCUT2D eigenvalue weighted by molar-refractivity contribution is 7.89. The summed E-state index contributed by atoms with van der Waals surface area (Å²) in [5.41, 5.74) is 1.28. The zero-order valence-electron chi connectivity index (χ0n) is 13.2. The van der Waals surface area contributed by atoms with Crippen molar-refractivity contribution in [2.75, 3.05) is 25.4 Å². The van der Waals surface area contributed by atoms with Crippen molar-refractivity contribution < 1.29 is 13.2 Å². The number of aromatic amines is 1. The summed E-state index contributed by atoms with van der Waals surface area (Å²) >= 11 is 0. The molecule has 1 aliphatic heterocycles. The van der Waals surface area contributed by atoms with Gasteiger partial charge in [0.25, 0.3) is 5.91 Å². The number of H-pyrrole nitrogens is 1. The molecule has 0 saturated carbocycles. The lowest BCUT2D eigenvalue weighted by Gasteiger charge is -2.15. The zero-order valence-corrected chi connectivity index (χ0v) is 14.1. The van der Waals surface area contributed by atoms with Gasteiger partial charge in [-0.05, 0) is 25.0 Å². The molecule has 1 fully saturated rings. The highest BCUT2D eigenvalue weighted by Crippen LogP contribution is 2.16. The van der Waals surface area contributed by atoms with Crippen LogP contribution < -0.4 is 5.32 Å². The van der Waals surface area contributed by atoms with Crippen LogP contribution in [-0.2, 0) is 10.0 Å². The maximum absolute atomic E-state index is 12.2. The van der Waals surface area contributed by atoms with Gasteiger partial charge < -0.3 is 10.3 Å². The number of sulfonamides is 1. The van der Waals surface area contributed by atoms with Gasteiger partial charge in [-0.25, -0.2) is 17.7 Å². The molecule has 1 aromatic carbocycles. The van der Waals surface area contributed by atoms with Crippen LogP contribution in [0.25, 0.3) is 11.4 Å². The first-order valence-corrected chi connectivity index (χ1v) is 9.53. The summed E-state index contributed by atoms with van der Waals surface area (Å²) in [6, 6.07) is 7.04. The number of imidazole rings is 1. The number of hydrogen-bond donors (Lipinski definition) is 2. The molecule has 24 heavy (non-hydrogen) atoms. The van der Waals surface area contributed by atoms with E-state index in [1.807, 2.05) is 6.07 Å². The van der Waals surface area contributed by atoms with E-state index in [0.717, 1.165) is 18.4 Å². The largest absolute Gasteiger partial charge is 0.351 e. The number of carbonyl (C=O) groups is 1. The monoisotopic (exact) mass is 348 g/mol. The van der Waals surface area contributed by atoms with E-state index in [0.29, 0.717) is 24.5 Å². The molecule has 0 radical (unpaired) electrons. The van der Waals surface area contributed by atoms with Crippen molar-refractivity contribution in [3.8, 4) is 11.4 Å². The minimum absolute atomic E-state index is 0.0728. The second-order valence-corrected chi connectivity index (χ2v) is 7.79. The molecule has 0 atom stereocenters. The molecule has 2 heterocycles. The minimum Gasteiger partial charge on any atom is -0.351 e. The number of benzene rings is 1. The third kappa shape index (κ3) is 3.82. The van der Waals surface area contributed by atoms with E-state index in [9.17, 15) is 13.2 Å². The summed E-state index contributed by atoms with van der Waals surface area (Å²) in [5.74, 6) is 0.317. The smallest absolute Gasteiger partial charge is 0.251 e. The highest BCUT2D eigenvalue weighted by atomic mass is 32.2. The van der Waals surface area contributed by atoms with Crippen LogP contribution in [0.3, 0.4) is 0 Å². The molecule has 1 aromatic heterocycles. The van der Waals surface area contributed by atoms with E-state index in [-0.39, 0.29) is 18.2 Å². The average Bonchev–Trinajstić information content (AvgIpc) is 3.28. The molecule has 7 nitrogen and oxygen atoms in total. The predicted octanol–water partition coefficient (Wildman–Crippen LogP) is 1.23. The van der Waals surface area contributed by atoms with E-state index in [1.165, 1.54) is 4.31 Å². The highest BCUT2D eigenvalue weighted by Gasteiger charge is 2.24. The number of nitrogens with zero attached hydrogens (tertiary/aromatic N) is 2. The molecular formula is C16H20N4O3S. The van der Waals surface area contributed by atoms with Crippen LogP contribution >= 0.6 is 0 Å². The Morgan fingerprint density at radius 3 is 2.79 bits per heavy atom. The summed E-state index contributed by atoms with van der Waals surface area (Å²) in [4.78, 5) is 19.4. The van der Waals surface area contributed by atoms with Crippen molar-refractivity contribution in [3.63, 3.8) is 0 Å². The molecule has 128 valence electrons. The third-order valence-corrected chi connectivity index (χ3v) is 5.87. The molecule has 1 saturated heterocycles. The lowest BCUT2D eigenvalue weighted by Crippen LogP contribution is -2.36. The molecule has 1 amide bonds. The molecule has 1 aliphatic rings. The number of nitrogens with one attached hydrogen (secondary N) is 2. The van der Waals surface area contributed by atoms with E-state index < -0.39 is 10.0 Å². The predicted molar refractivity (Wildman–Crippen MR) is 91.0 cm³/mol. The number of rotatable bonds is 6. The van der Waals surface area contributed by atoms with Gasteiger partial charge in [0, 0.05) is 43.2 Å². The van der Waals surface area contributed by atoms with Crippen molar-refractivity contribution in [1.29, 1.82) is 0 Å². The quantitative estimate of drug-likeness (QED) is 0.821. The van der Waals surface area contributed by atoms with Crippen LogP contribution in [0.1, 0.15) is 23.2 Å². The molecule has 2 aromatic rings. The summed E-state index contributed by atoms with van der Waals surface area (Å²) in [7, 11) is -3.28. The normalized spacial score (nSPS) is 15.5. The van der Waals surface area contributed by atoms with E-state index in [1.54, 1.807) is 30.6 Å². The van der Waals surface area contributed by atoms with Crippen LogP contribution in [-0.4, -0.2) is 54.0 Å². The molecular weight excluding hydrogens is 328 g/mol. The van der Waals surface area contributed by atoms with E-state index in [2.05, 4.69) is 15.3 Å². The topological polar surface area (TPSA) is 95.2 Å². The maximum atomic E-state index is 12.2. The van der Waals surface area contributed by atoms with Crippen molar-refractivity contribution in [2.24, 2.45) is 0 Å². The van der Waals surface area contributed by atoms with E-state index >= 15 is 0 Å². The Labute approximate surface area is 141 Å². The van der Waals surface area contributed by atoms with Crippen LogP contribution in [0.15, 0.2) is 36.7 Å². The number of aromatic nitrogens is 2. The van der Waals surface area contributed by atoms with Gasteiger partial charge in [-0.15, -0.1) is 0 Å². The number of amides is 1. The second-order valence-electron chi connectivity index (χ2n) is 5.70. The van der Waals surface area contributed by atoms with Crippen molar-refractivity contribution >= 4 is 15.9 Å². The third-order valence-electron chi connectivity index (χ3n) is 4.00. The first-order valence-electron chi connectivity index (χ1n) is 7.92. The molecule has 0 unspecified atom stereocenters. The SMILES string of the molecule is O=C(NCCS(=O)(=O)N1CCCC1)c1cccc(-c2ncc[nH]2)c1. The van der Waals surface area contributed by atoms with Crippen molar-refractivity contribution in [3.05, 3.63) is 42.2 Å². The Hall–Kier alpha value is -2.19. The Balaban J connectivity index is 1.58. The number of carbonyl (C=O) groups excluding carboxylic acids is 1. The molecule has 0 spiro atoms. The van der Waals surface area contributed by atoms with Crippen molar-refractivity contribution in [1.82, 2.24) is 19.6 Å². The van der Waals surface area contributed by atoms with Crippen LogP contribution in [0, 0.1) is 0 Å². The first kappa shape index (κ1) is 16.7. The molecule has 2 N–H and O–H groups in total. The molecule has 0 bridgehead atoms. The summed E-state index contributed by atoms with van der Waals surface area (Å²) < 4.78 is 25.7. The first-order chi connectivity index (χ1) is 11.6. The molecule has 0 aliphatic carbocycles. The summed E-state index contributed by atoms with van der Waals surface area (Å²) in [6.07, 6.45) is 5.17. The summed E-state index contributed by atoms with van der Waals surface area (Å²) in [6.45, 7) is 1.27.